The topological polar surface area (TPSA) is 56.7 Å². The van der Waals surface area contributed by atoms with Crippen LogP contribution in [0.5, 0.6) is 0 Å². The van der Waals surface area contributed by atoms with Crippen molar-refractivity contribution in [1.29, 1.82) is 0 Å². The van der Waals surface area contributed by atoms with E-state index in [-0.39, 0.29) is 0 Å². The Hall–Kier alpha value is -2.27. The lowest BCUT2D eigenvalue weighted by Crippen LogP contribution is -2.15. The summed E-state index contributed by atoms with van der Waals surface area (Å²) in [4.78, 5) is 9.39. The van der Waals surface area contributed by atoms with Crippen molar-refractivity contribution >= 4 is 28.2 Å². The van der Waals surface area contributed by atoms with Gasteiger partial charge in [0, 0.05) is 6.20 Å². The Balaban J connectivity index is 2.27. The Morgan fingerprint density at radius 3 is 2.68 bits per heavy atom. The van der Waals surface area contributed by atoms with E-state index in [2.05, 4.69) is 9.97 Å². The van der Waals surface area contributed by atoms with Crippen LogP contribution in [0.1, 0.15) is 5.82 Å². The highest BCUT2D eigenvalue weighted by atomic mass is 32.1. The molecule has 0 aliphatic heterocycles. The lowest BCUT2D eigenvalue weighted by atomic mass is 10.3. The van der Waals surface area contributed by atoms with Gasteiger partial charge < -0.3 is 5.73 Å². The minimum atomic E-state index is 0.424. The van der Waals surface area contributed by atoms with E-state index in [4.69, 9.17) is 18.0 Å². The van der Waals surface area contributed by atoms with Gasteiger partial charge in [-0.25, -0.2) is 9.97 Å². The van der Waals surface area contributed by atoms with E-state index in [0.29, 0.717) is 11.4 Å². The van der Waals surface area contributed by atoms with Gasteiger partial charge >= 0.3 is 0 Å². The highest BCUT2D eigenvalue weighted by Crippen LogP contribution is 2.20. The lowest BCUT2D eigenvalue weighted by molar-refractivity contribution is 0.932. The molecule has 94 valence electrons. The van der Waals surface area contributed by atoms with E-state index in [0.717, 1.165) is 22.7 Å². The van der Waals surface area contributed by atoms with Crippen LogP contribution in [0.15, 0.2) is 48.7 Å². The summed E-state index contributed by atoms with van der Waals surface area (Å²) in [5.74, 6) is 1.63. The first-order valence-electron chi connectivity index (χ1n) is 5.92. The first kappa shape index (κ1) is 11.8. The first-order chi connectivity index (χ1) is 9.25. The van der Waals surface area contributed by atoms with Crippen molar-refractivity contribution in [3.63, 3.8) is 0 Å². The number of hydrogen-bond donors (Lipinski definition) is 1. The summed E-state index contributed by atoms with van der Waals surface area (Å²) in [7, 11) is 0. The van der Waals surface area contributed by atoms with Crippen molar-refractivity contribution < 1.29 is 0 Å². The van der Waals surface area contributed by atoms with Crippen molar-refractivity contribution in [2.75, 3.05) is 0 Å². The van der Waals surface area contributed by atoms with Crippen LogP contribution in [0.3, 0.4) is 0 Å². The van der Waals surface area contributed by atoms with Crippen LogP contribution in [-0.4, -0.2) is 19.5 Å². The number of nitrogens with zero attached hydrogens (tertiary/aromatic N) is 3. The number of pyridine rings is 1. The van der Waals surface area contributed by atoms with Crippen LogP contribution < -0.4 is 5.73 Å². The summed E-state index contributed by atoms with van der Waals surface area (Å²) >= 11 is 5.00. The van der Waals surface area contributed by atoms with Gasteiger partial charge in [-0.3, -0.25) is 4.57 Å². The van der Waals surface area contributed by atoms with Crippen LogP contribution in [0.2, 0.25) is 0 Å². The van der Waals surface area contributed by atoms with E-state index in [9.17, 15) is 0 Å². The van der Waals surface area contributed by atoms with Crippen molar-refractivity contribution in [2.45, 2.75) is 6.42 Å². The molecular weight excluding hydrogens is 256 g/mol. The summed E-state index contributed by atoms with van der Waals surface area (Å²) < 4.78 is 1.99. The van der Waals surface area contributed by atoms with Gasteiger partial charge in [-0.15, -0.1) is 0 Å². The molecule has 0 atom stereocenters. The van der Waals surface area contributed by atoms with E-state index in [1.807, 2.05) is 47.0 Å². The van der Waals surface area contributed by atoms with Gasteiger partial charge in [0.2, 0.25) is 0 Å². The molecule has 2 N–H and O–H groups in total. The van der Waals surface area contributed by atoms with E-state index >= 15 is 0 Å². The largest absolute Gasteiger partial charge is 0.393 e. The Morgan fingerprint density at radius 1 is 1.16 bits per heavy atom. The molecular formula is C14H12N4S. The Bertz CT molecular complexity index is 734. The molecule has 0 amide bonds. The van der Waals surface area contributed by atoms with Crippen molar-refractivity contribution in [2.24, 2.45) is 5.73 Å². The summed E-state index contributed by atoms with van der Waals surface area (Å²) in [6.07, 6.45) is 2.22. The summed E-state index contributed by atoms with van der Waals surface area (Å²) in [6, 6.07) is 13.7. The summed E-state index contributed by atoms with van der Waals surface area (Å²) in [5.41, 5.74) is 7.57. The highest BCUT2D eigenvalue weighted by Gasteiger charge is 2.13. The van der Waals surface area contributed by atoms with Crippen LogP contribution in [-0.2, 0) is 6.42 Å². The van der Waals surface area contributed by atoms with Crippen LogP contribution in [0.25, 0.3) is 16.9 Å². The fourth-order valence-electron chi connectivity index (χ4n) is 2.09. The van der Waals surface area contributed by atoms with Crippen LogP contribution in [0.4, 0.5) is 0 Å². The molecule has 0 bridgehead atoms. The molecule has 0 fully saturated rings. The minimum Gasteiger partial charge on any atom is -0.393 e. The second-order valence-corrected chi connectivity index (χ2v) is 4.71. The van der Waals surface area contributed by atoms with Gasteiger partial charge in [-0.2, -0.15) is 0 Å². The molecule has 0 aliphatic rings. The number of fused-ring (bicyclic) bond motifs is 1. The molecule has 4 nitrogen and oxygen atoms in total. The second kappa shape index (κ2) is 4.78. The Morgan fingerprint density at radius 2 is 1.95 bits per heavy atom. The number of hydrogen-bond acceptors (Lipinski definition) is 3. The molecule has 3 rings (SSSR count). The monoisotopic (exact) mass is 268 g/mol. The molecule has 0 radical (unpaired) electrons. The number of imidazole rings is 1. The second-order valence-electron chi connectivity index (χ2n) is 4.18. The van der Waals surface area contributed by atoms with Gasteiger partial charge in [-0.05, 0) is 24.3 Å². The molecule has 5 heteroatoms. The van der Waals surface area contributed by atoms with Gasteiger partial charge in [0.15, 0.2) is 0 Å². The third-order valence-corrected chi connectivity index (χ3v) is 2.99. The molecule has 0 unspecified atom stereocenters. The summed E-state index contributed by atoms with van der Waals surface area (Å²) in [5, 5.41) is 0. The molecule has 2 heterocycles. The Labute approximate surface area is 115 Å². The molecule has 3 aromatic rings. The fourth-order valence-corrected chi connectivity index (χ4v) is 2.22. The predicted octanol–water partition coefficient (Wildman–Crippen LogP) is 2.25. The zero-order chi connectivity index (χ0) is 13.2. The molecule has 1 aromatic carbocycles. The first-order valence-corrected chi connectivity index (χ1v) is 6.32. The smallest absolute Gasteiger partial charge is 0.138 e. The predicted molar refractivity (Wildman–Crippen MR) is 79.4 cm³/mol. The third-order valence-electron chi connectivity index (χ3n) is 2.84. The summed E-state index contributed by atoms with van der Waals surface area (Å²) in [6.45, 7) is 0. The minimum absolute atomic E-state index is 0.424. The van der Waals surface area contributed by atoms with Crippen molar-refractivity contribution in [1.82, 2.24) is 14.5 Å². The maximum absolute atomic E-state index is 5.65. The lowest BCUT2D eigenvalue weighted by Gasteiger charge is -2.07. The van der Waals surface area contributed by atoms with Crippen LogP contribution in [0, 0.1) is 0 Å². The zero-order valence-corrected chi connectivity index (χ0v) is 11.0. The van der Waals surface area contributed by atoms with Gasteiger partial charge in [-0.1, -0.05) is 30.4 Å². The molecule has 0 aliphatic carbocycles. The number of benzene rings is 1. The Kier molecular flexibility index (Phi) is 2.97. The highest BCUT2D eigenvalue weighted by molar-refractivity contribution is 7.80. The molecule has 2 aromatic heterocycles. The number of thiocarbonyl (C=S) groups is 1. The van der Waals surface area contributed by atoms with Gasteiger partial charge in [0.1, 0.15) is 11.6 Å². The molecule has 0 spiro atoms. The number of para-hydroxylation sites is 2. The molecule has 0 saturated heterocycles. The average molecular weight is 268 g/mol. The molecule has 0 saturated carbocycles. The van der Waals surface area contributed by atoms with Crippen LogP contribution >= 0.6 is 12.2 Å². The maximum Gasteiger partial charge on any atom is 0.138 e. The number of nitrogens with two attached hydrogens (primary N) is 1. The van der Waals surface area contributed by atoms with Crippen molar-refractivity contribution in [3.05, 3.63) is 54.5 Å². The quantitative estimate of drug-likeness (QED) is 0.740. The standard InChI is InChI=1S/C14H12N4S/c15-12(19)9-14-17-10-5-1-2-6-11(10)18(14)13-7-3-4-8-16-13/h1-8H,9H2,(H2,15,19). The van der Waals surface area contributed by atoms with Crippen molar-refractivity contribution in [3.8, 4) is 5.82 Å². The SMILES string of the molecule is NC(=S)Cc1nc2ccccc2n1-c1ccccn1. The molecule has 19 heavy (non-hydrogen) atoms. The maximum atomic E-state index is 5.65. The van der Waals surface area contributed by atoms with Gasteiger partial charge in [0.05, 0.1) is 22.4 Å². The van der Waals surface area contributed by atoms with Gasteiger partial charge in [0.25, 0.3) is 0 Å². The fraction of sp³-hybridized carbons (Fsp3) is 0.0714. The third kappa shape index (κ3) is 2.20. The number of aromatic nitrogens is 3. The normalized spacial score (nSPS) is 10.7. The van der Waals surface area contributed by atoms with E-state index < -0.39 is 0 Å². The number of rotatable bonds is 3. The zero-order valence-electron chi connectivity index (χ0n) is 10.2. The average Bonchev–Trinajstić information content (AvgIpc) is 2.76. The van der Waals surface area contributed by atoms with E-state index in [1.54, 1.807) is 6.20 Å². The van der Waals surface area contributed by atoms with E-state index in [1.165, 1.54) is 0 Å².